The van der Waals surface area contributed by atoms with Crippen LogP contribution in [0.5, 0.6) is 11.5 Å². The van der Waals surface area contributed by atoms with Crippen molar-refractivity contribution in [2.24, 2.45) is 0 Å². The minimum atomic E-state index is 0.373. The summed E-state index contributed by atoms with van der Waals surface area (Å²) in [5.74, 6) is 2.05. The molecule has 0 radical (unpaired) electrons. The molecule has 37 heavy (non-hydrogen) atoms. The Labute approximate surface area is 218 Å². The first-order valence-electron chi connectivity index (χ1n) is 12.3. The number of benzene rings is 2. The van der Waals surface area contributed by atoms with Crippen LogP contribution < -0.4 is 20.1 Å². The number of nitrogens with two attached hydrogens (primary N) is 1. The number of hydrogen-bond acceptors (Lipinski definition) is 9. The number of rotatable bonds is 13. The van der Waals surface area contributed by atoms with E-state index in [0.29, 0.717) is 73.7 Å². The highest BCUT2D eigenvalue weighted by Crippen LogP contribution is 2.34. The Bertz CT molecular complexity index is 1230. The number of anilines is 2. The van der Waals surface area contributed by atoms with Gasteiger partial charge in [0.25, 0.3) is 0 Å². The molecule has 1 aromatic heterocycles. The minimum absolute atomic E-state index is 0.373. The normalized spacial score (nSPS) is 13.1. The molecule has 2 aromatic carbocycles. The van der Waals surface area contributed by atoms with Gasteiger partial charge < -0.3 is 34.5 Å². The lowest BCUT2D eigenvalue weighted by atomic mass is 10.2. The quantitative estimate of drug-likeness (QED) is 0.346. The van der Waals surface area contributed by atoms with Gasteiger partial charge in [0.1, 0.15) is 5.82 Å². The van der Waals surface area contributed by atoms with Gasteiger partial charge in [-0.3, -0.25) is 0 Å². The maximum absolute atomic E-state index is 6.35. The topological polar surface area (TPSA) is 95.2 Å². The summed E-state index contributed by atoms with van der Waals surface area (Å²) in [5.41, 5.74) is 9.30. The van der Waals surface area contributed by atoms with Crippen molar-refractivity contribution >= 4 is 22.7 Å². The highest BCUT2D eigenvalue weighted by atomic mass is 16.5. The lowest BCUT2D eigenvalue weighted by molar-refractivity contribution is 0.121. The molecule has 0 atom stereocenters. The molecule has 2 N–H and O–H groups in total. The van der Waals surface area contributed by atoms with Gasteiger partial charge in [-0.2, -0.15) is 4.98 Å². The molecule has 2 heterocycles. The lowest BCUT2D eigenvalue weighted by Gasteiger charge is -2.25. The molecule has 0 saturated heterocycles. The number of hydrogen-bond donors (Lipinski definition) is 1. The van der Waals surface area contributed by atoms with Crippen LogP contribution in [0.3, 0.4) is 0 Å². The van der Waals surface area contributed by atoms with Gasteiger partial charge in [0.05, 0.1) is 46.2 Å². The van der Waals surface area contributed by atoms with Gasteiger partial charge in [-0.15, -0.1) is 0 Å². The van der Waals surface area contributed by atoms with E-state index in [1.807, 2.05) is 48.3 Å². The van der Waals surface area contributed by atoms with Crippen LogP contribution in [-0.2, 0) is 16.1 Å². The van der Waals surface area contributed by atoms with E-state index in [1.165, 1.54) is 0 Å². The second kappa shape index (κ2) is 12.9. The molecule has 3 aromatic rings. The third kappa shape index (κ3) is 6.90. The zero-order valence-electron chi connectivity index (χ0n) is 21.7. The summed E-state index contributed by atoms with van der Waals surface area (Å²) in [7, 11) is 5.21. The number of nitrogens with zero attached hydrogens (tertiary/aromatic N) is 4. The molecule has 1 aliphatic rings. The van der Waals surface area contributed by atoms with Crippen molar-refractivity contribution in [3.63, 3.8) is 0 Å². The lowest BCUT2D eigenvalue weighted by Crippen LogP contribution is -2.33. The predicted molar refractivity (Wildman–Crippen MR) is 146 cm³/mol. The average Bonchev–Trinajstić information content (AvgIpc) is 2.92. The van der Waals surface area contributed by atoms with E-state index >= 15 is 0 Å². The van der Waals surface area contributed by atoms with E-state index < -0.39 is 0 Å². The Hall–Kier alpha value is -3.82. The van der Waals surface area contributed by atoms with Crippen LogP contribution in [0.15, 0.2) is 66.5 Å². The number of aromatic nitrogens is 2. The van der Waals surface area contributed by atoms with Gasteiger partial charge in [-0.05, 0) is 24.3 Å². The van der Waals surface area contributed by atoms with Crippen LogP contribution in [0.4, 0.5) is 11.8 Å². The Balaban J connectivity index is 1.47. The molecule has 9 heteroatoms. The zero-order valence-corrected chi connectivity index (χ0v) is 21.7. The van der Waals surface area contributed by atoms with Crippen molar-refractivity contribution < 1.29 is 18.9 Å². The van der Waals surface area contributed by atoms with Gasteiger partial charge in [0.15, 0.2) is 11.5 Å². The molecule has 1 aliphatic heterocycles. The van der Waals surface area contributed by atoms with Crippen LogP contribution >= 0.6 is 0 Å². The van der Waals surface area contributed by atoms with Crippen LogP contribution in [0, 0.1) is 0 Å². The van der Waals surface area contributed by atoms with E-state index in [1.54, 1.807) is 20.3 Å². The molecule has 0 fully saturated rings. The minimum Gasteiger partial charge on any atom is -0.493 e. The molecule has 4 rings (SSSR count). The summed E-state index contributed by atoms with van der Waals surface area (Å²) in [6, 6.07) is 13.7. The van der Waals surface area contributed by atoms with Gasteiger partial charge in [0, 0.05) is 37.3 Å². The third-order valence-electron chi connectivity index (χ3n) is 6.15. The summed E-state index contributed by atoms with van der Waals surface area (Å²) in [6.07, 6.45) is 7.27. The van der Waals surface area contributed by atoms with E-state index in [4.69, 9.17) is 29.7 Å². The van der Waals surface area contributed by atoms with E-state index in [-0.39, 0.29) is 0 Å². The van der Waals surface area contributed by atoms with Gasteiger partial charge >= 0.3 is 0 Å². The molecule has 0 unspecified atom stereocenters. The van der Waals surface area contributed by atoms with Gasteiger partial charge in [-0.25, -0.2) is 4.98 Å². The summed E-state index contributed by atoms with van der Waals surface area (Å²) < 4.78 is 22.8. The Kier molecular flexibility index (Phi) is 9.18. The average molecular weight is 506 g/mol. The number of methoxy groups -OCH3 is 2. The second-order valence-electron chi connectivity index (χ2n) is 8.64. The Morgan fingerprint density at radius 3 is 2.35 bits per heavy atom. The van der Waals surface area contributed by atoms with Crippen molar-refractivity contribution in [3.05, 3.63) is 72.1 Å². The van der Waals surface area contributed by atoms with Gasteiger partial charge in [-0.1, -0.05) is 42.5 Å². The second-order valence-corrected chi connectivity index (χ2v) is 8.64. The van der Waals surface area contributed by atoms with Crippen LogP contribution in [-0.4, -0.2) is 69.0 Å². The van der Waals surface area contributed by atoms with Crippen LogP contribution in [0.25, 0.3) is 10.9 Å². The van der Waals surface area contributed by atoms with Crippen molar-refractivity contribution in [2.75, 3.05) is 64.8 Å². The number of allylic oxidation sites excluding steroid dienone is 2. The fourth-order valence-corrected chi connectivity index (χ4v) is 4.03. The molecule has 196 valence electrons. The Morgan fingerprint density at radius 2 is 1.65 bits per heavy atom. The monoisotopic (exact) mass is 505 g/mol. The Morgan fingerprint density at radius 1 is 0.946 bits per heavy atom. The van der Waals surface area contributed by atoms with E-state index in [2.05, 4.69) is 28.2 Å². The molecule has 0 bridgehead atoms. The van der Waals surface area contributed by atoms with Crippen LogP contribution in [0.1, 0.15) is 12.0 Å². The van der Waals surface area contributed by atoms with Gasteiger partial charge in [0.2, 0.25) is 5.95 Å². The smallest absolute Gasteiger partial charge is 0.228 e. The molecule has 0 saturated carbocycles. The number of likely N-dealkylation sites (N-methyl/N-ethyl adjacent to an activating group) is 1. The predicted octanol–water partition coefficient (Wildman–Crippen LogP) is 4.00. The first-order valence-corrected chi connectivity index (χ1v) is 12.3. The summed E-state index contributed by atoms with van der Waals surface area (Å²) in [4.78, 5) is 13.5. The SMILES string of the molecule is COc1cc2nc(N(CCOCC3=CCC=CN3C)CCOCc3ccccc3)nc(N)c2cc1OC. The van der Waals surface area contributed by atoms with Crippen LogP contribution in [0.2, 0.25) is 0 Å². The summed E-state index contributed by atoms with van der Waals surface area (Å²) >= 11 is 0. The summed E-state index contributed by atoms with van der Waals surface area (Å²) in [5, 5.41) is 0.707. The fraction of sp³-hybridized carbons (Fsp3) is 0.357. The van der Waals surface area contributed by atoms with E-state index in [0.717, 1.165) is 17.7 Å². The zero-order chi connectivity index (χ0) is 26.0. The number of ether oxygens (including phenoxy) is 4. The molecular formula is C28H35N5O4. The van der Waals surface area contributed by atoms with Crippen molar-refractivity contribution in [1.29, 1.82) is 0 Å². The summed E-state index contributed by atoms with van der Waals surface area (Å²) in [6.45, 7) is 3.24. The highest BCUT2D eigenvalue weighted by molar-refractivity contribution is 5.91. The first kappa shape index (κ1) is 26.2. The standard InChI is InChI=1S/C28H35N5O4/c1-32-12-8-7-11-22(32)20-37-16-14-33(13-15-36-19-21-9-5-4-6-10-21)28-30-24-18-26(35-3)25(34-2)17-23(24)27(29)31-28/h4-6,8-12,17-18H,7,13-16,19-20H2,1-3H3,(H2,29,30,31). The molecule has 0 spiro atoms. The van der Waals surface area contributed by atoms with Crippen molar-refractivity contribution in [1.82, 2.24) is 14.9 Å². The molecule has 9 nitrogen and oxygen atoms in total. The number of nitrogen functional groups attached to an aromatic ring is 1. The highest BCUT2D eigenvalue weighted by Gasteiger charge is 2.16. The van der Waals surface area contributed by atoms with E-state index in [9.17, 15) is 0 Å². The largest absolute Gasteiger partial charge is 0.493 e. The maximum Gasteiger partial charge on any atom is 0.228 e. The fourth-order valence-electron chi connectivity index (χ4n) is 4.03. The van der Waals surface area contributed by atoms with Crippen molar-refractivity contribution in [2.45, 2.75) is 13.0 Å². The number of fused-ring (bicyclic) bond motifs is 1. The van der Waals surface area contributed by atoms with Crippen molar-refractivity contribution in [3.8, 4) is 11.5 Å². The molecule has 0 amide bonds. The first-order chi connectivity index (χ1) is 18.1. The molecular weight excluding hydrogens is 470 g/mol. The third-order valence-corrected chi connectivity index (χ3v) is 6.15. The molecule has 0 aliphatic carbocycles. The maximum atomic E-state index is 6.35.